The first-order chi connectivity index (χ1) is 9.11. The number of hydrogen-bond donors (Lipinski definition) is 3. The molecule has 0 saturated heterocycles. The Morgan fingerprint density at radius 3 is 1.15 bits per heavy atom. The molecule has 122 valence electrons. The standard InChI is InChI=1S/C13H30F3N3Si/c1-7-10(4)17-20(13(14,15)16,18-11(5)8-2)19-12(6)9-3/h10-12,17-19H,7-9H2,1-6H3. The molecule has 0 aliphatic carbocycles. The molecule has 0 aliphatic rings. The number of alkyl halides is 3. The van der Waals surface area contributed by atoms with Crippen LogP contribution in [0.25, 0.3) is 0 Å². The van der Waals surface area contributed by atoms with Gasteiger partial charge in [-0.15, -0.1) is 0 Å². The molecular weight excluding hydrogens is 283 g/mol. The van der Waals surface area contributed by atoms with Crippen LogP contribution in [0.5, 0.6) is 0 Å². The zero-order valence-electron chi connectivity index (χ0n) is 13.5. The monoisotopic (exact) mass is 313 g/mol. The fraction of sp³-hybridized carbons (Fsp3) is 1.00. The molecule has 0 aromatic carbocycles. The van der Waals surface area contributed by atoms with Crippen LogP contribution in [0, 0.1) is 0 Å². The number of halogens is 3. The fourth-order valence-corrected chi connectivity index (χ4v) is 5.36. The summed E-state index contributed by atoms with van der Waals surface area (Å²) in [6.45, 7) is 11.1. The lowest BCUT2D eigenvalue weighted by molar-refractivity contribution is -0.0656. The van der Waals surface area contributed by atoms with Gasteiger partial charge >= 0.3 is 14.4 Å². The summed E-state index contributed by atoms with van der Waals surface area (Å²) >= 11 is 0. The second-order valence-corrected chi connectivity index (χ2v) is 8.54. The largest absolute Gasteiger partial charge is 0.408 e. The molecule has 0 fully saturated rings. The quantitative estimate of drug-likeness (QED) is 0.572. The van der Waals surface area contributed by atoms with Crippen molar-refractivity contribution in [2.75, 3.05) is 0 Å². The lowest BCUT2D eigenvalue weighted by Gasteiger charge is -2.40. The van der Waals surface area contributed by atoms with Gasteiger partial charge in [0.25, 0.3) is 0 Å². The van der Waals surface area contributed by atoms with E-state index >= 15 is 0 Å². The van der Waals surface area contributed by atoms with Gasteiger partial charge in [0.2, 0.25) is 0 Å². The van der Waals surface area contributed by atoms with Crippen LogP contribution >= 0.6 is 0 Å². The van der Waals surface area contributed by atoms with E-state index in [0.29, 0.717) is 19.3 Å². The molecule has 0 amide bonds. The molecule has 0 heterocycles. The van der Waals surface area contributed by atoms with E-state index in [1.165, 1.54) is 0 Å². The van der Waals surface area contributed by atoms with Gasteiger partial charge in [0, 0.05) is 0 Å². The van der Waals surface area contributed by atoms with Crippen molar-refractivity contribution < 1.29 is 13.2 Å². The highest BCUT2D eigenvalue weighted by Crippen LogP contribution is 2.25. The predicted octanol–water partition coefficient (Wildman–Crippen LogP) is 3.19. The van der Waals surface area contributed by atoms with E-state index in [0.717, 1.165) is 0 Å². The molecule has 0 bridgehead atoms. The van der Waals surface area contributed by atoms with Gasteiger partial charge in [0.1, 0.15) is 0 Å². The van der Waals surface area contributed by atoms with Crippen molar-refractivity contribution >= 4 is 8.56 Å². The Hall–Kier alpha value is -0.113. The van der Waals surface area contributed by atoms with Gasteiger partial charge in [0.15, 0.2) is 0 Å². The lowest BCUT2D eigenvalue weighted by Crippen LogP contribution is -2.83. The Balaban J connectivity index is 5.39. The summed E-state index contributed by atoms with van der Waals surface area (Å²) in [6.07, 6.45) is 1.99. The Morgan fingerprint density at radius 2 is 1.00 bits per heavy atom. The molecule has 0 aliphatic heterocycles. The van der Waals surface area contributed by atoms with Gasteiger partial charge in [0.05, 0.1) is 0 Å². The Bertz CT molecular complexity index is 243. The van der Waals surface area contributed by atoms with Crippen LogP contribution < -0.4 is 14.9 Å². The minimum atomic E-state index is -4.29. The maximum Gasteiger partial charge on any atom is 0.408 e. The van der Waals surface area contributed by atoms with E-state index < -0.39 is 14.4 Å². The molecule has 3 atom stereocenters. The normalized spacial score (nSPS) is 20.2. The summed E-state index contributed by atoms with van der Waals surface area (Å²) in [5.41, 5.74) is 0. The van der Waals surface area contributed by atoms with Crippen molar-refractivity contribution in [3.63, 3.8) is 0 Å². The number of nitrogens with one attached hydrogen (secondary N) is 3. The fourth-order valence-electron chi connectivity index (χ4n) is 1.79. The average Bonchev–Trinajstić information content (AvgIpc) is 2.36. The highest BCUT2D eigenvalue weighted by molar-refractivity contribution is 6.74. The van der Waals surface area contributed by atoms with Crippen LogP contribution in [-0.4, -0.2) is 32.5 Å². The summed E-state index contributed by atoms with van der Waals surface area (Å²) in [7, 11) is -4.00. The predicted molar refractivity (Wildman–Crippen MR) is 80.5 cm³/mol. The smallest absolute Gasteiger partial charge is 0.304 e. The molecule has 3 nitrogen and oxygen atoms in total. The maximum atomic E-state index is 13.7. The topological polar surface area (TPSA) is 36.1 Å². The number of hydrogen-bond acceptors (Lipinski definition) is 3. The van der Waals surface area contributed by atoms with Crippen molar-refractivity contribution in [3.05, 3.63) is 0 Å². The highest BCUT2D eigenvalue weighted by Gasteiger charge is 2.60. The van der Waals surface area contributed by atoms with Gasteiger partial charge in [-0.2, -0.15) is 13.2 Å². The van der Waals surface area contributed by atoms with Crippen molar-refractivity contribution in [3.8, 4) is 0 Å². The van der Waals surface area contributed by atoms with E-state index in [1.54, 1.807) is 20.8 Å². The van der Waals surface area contributed by atoms with Crippen LogP contribution in [0.2, 0.25) is 0 Å². The van der Waals surface area contributed by atoms with Crippen molar-refractivity contribution in [2.45, 2.75) is 84.7 Å². The molecular formula is C13H30F3N3Si. The Morgan fingerprint density at radius 1 is 0.750 bits per heavy atom. The van der Waals surface area contributed by atoms with Crippen LogP contribution in [0.1, 0.15) is 60.8 Å². The molecule has 0 aromatic rings. The Labute approximate surface area is 122 Å². The van der Waals surface area contributed by atoms with Crippen molar-refractivity contribution in [1.82, 2.24) is 14.9 Å². The van der Waals surface area contributed by atoms with Crippen LogP contribution in [0.4, 0.5) is 13.2 Å². The van der Waals surface area contributed by atoms with E-state index in [1.807, 2.05) is 20.8 Å². The summed E-state index contributed by atoms with van der Waals surface area (Å²) in [6, 6.07) is -0.552. The first-order valence-corrected chi connectivity index (χ1v) is 9.51. The van der Waals surface area contributed by atoms with Crippen LogP contribution in [0.3, 0.4) is 0 Å². The lowest BCUT2D eigenvalue weighted by atomic mass is 10.3. The van der Waals surface area contributed by atoms with Gasteiger partial charge in [-0.3, -0.25) is 0 Å². The molecule has 0 rings (SSSR count). The third kappa shape index (κ3) is 5.71. The minimum Gasteiger partial charge on any atom is -0.304 e. The van der Waals surface area contributed by atoms with E-state index in [2.05, 4.69) is 14.9 Å². The van der Waals surface area contributed by atoms with E-state index in [9.17, 15) is 13.2 Å². The molecule has 0 saturated carbocycles. The van der Waals surface area contributed by atoms with Gasteiger partial charge in [-0.25, -0.2) is 0 Å². The molecule has 3 unspecified atom stereocenters. The molecule has 0 radical (unpaired) electrons. The minimum absolute atomic E-state index is 0.184. The third-order valence-electron chi connectivity index (χ3n) is 3.65. The zero-order valence-corrected chi connectivity index (χ0v) is 14.5. The van der Waals surface area contributed by atoms with Gasteiger partial charge in [-0.05, 0) is 37.4 Å². The molecule has 7 heteroatoms. The van der Waals surface area contributed by atoms with Gasteiger partial charge < -0.3 is 14.9 Å². The summed E-state index contributed by atoms with van der Waals surface area (Å²) in [5.74, 6) is -4.29. The SMILES string of the molecule is CCC(C)N[Si](NC(C)CC)(NC(C)CC)C(F)(F)F. The Kier molecular flexibility index (Phi) is 8.31. The summed E-state index contributed by atoms with van der Waals surface area (Å²) in [4.78, 5) is 8.53. The molecule has 20 heavy (non-hydrogen) atoms. The molecule has 0 spiro atoms. The van der Waals surface area contributed by atoms with E-state index in [4.69, 9.17) is 0 Å². The summed E-state index contributed by atoms with van der Waals surface area (Å²) in [5, 5.41) is 0. The maximum absolute atomic E-state index is 13.7. The van der Waals surface area contributed by atoms with E-state index in [-0.39, 0.29) is 18.1 Å². The first-order valence-electron chi connectivity index (χ1n) is 7.51. The van der Waals surface area contributed by atoms with Crippen LogP contribution in [-0.2, 0) is 0 Å². The van der Waals surface area contributed by atoms with Crippen molar-refractivity contribution in [1.29, 1.82) is 0 Å². The third-order valence-corrected chi connectivity index (χ3v) is 7.28. The number of rotatable bonds is 9. The average molecular weight is 313 g/mol. The van der Waals surface area contributed by atoms with Gasteiger partial charge in [-0.1, -0.05) is 41.5 Å². The zero-order chi connectivity index (χ0) is 16.0. The second kappa shape index (κ2) is 8.36. The first kappa shape index (κ1) is 19.9. The van der Waals surface area contributed by atoms with Crippen molar-refractivity contribution in [2.24, 2.45) is 0 Å². The molecule has 0 aromatic heterocycles. The highest BCUT2D eigenvalue weighted by atomic mass is 28.4. The van der Waals surface area contributed by atoms with Crippen LogP contribution in [0.15, 0.2) is 0 Å². The second-order valence-electron chi connectivity index (χ2n) is 5.61. The molecule has 3 N–H and O–H groups in total. The summed E-state index contributed by atoms with van der Waals surface area (Å²) < 4.78 is 41.2.